The van der Waals surface area contributed by atoms with Crippen molar-refractivity contribution in [1.29, 1.82) is 0 Å². The zero-order chi connectivity index (χ0) is 14.5. The van der Waals surface area contributed by atoms with Crippen molar-refractivity contribution in [1.82, 2.24) is 10.2 Å². The van der Waals surface area contributed by atoms with Gasteiger partial charge >= 0.3 is 0 Å². The van der Waals surface area contributed by atoms with Gasteiger partial charge in [0, 0.05) is 17.8 Å². The lowest BCUT2D eigenvalue weighted by atomic mass is 9.99. The molecule has 1 aromatic rings. The summed E-state index contributed by atoms with van der Waals surface area (Å²) in [4.78, 5) is 2.55. The van der Waals surface area contributed by atoms with Gasteiger partial charge in [0.15, 0.2) is 0 Å². The van der Waals surface area contributed by atoms with E-state index in [4.69, 9.17) is 0 Å². The summed E-state index contributed by atoms with van der Waals surface area (Å²) in [5.74, 6) is 2.64. The van der Waals surface area contributed by atoms with Crippen LogP contribution in [0.5, 0.6) is 0 Å². The fourth-order valence-corrected chi connectivity index (χ4v) is 4.37. The van der Waals surface area contributed by atoms with Gasteiger partial charge in [0.1, 0.15) is 0 Å². The Morgan fingerprint density at radius 1 is 1.30 bits per heavy atom. The SMILES string of the molecule is CNC(CCN(C)C1CCSC1)c1cc(C)cc(C)c1. The number of hydrogen-bond acceptors (Lipinski definition) is 3. The van der Waals surface area contributed by atoms with Gasteiger partial charge in [-0.2, -0.15) is 11.8 Å². The van der Waals surface area contributed by atoms with Crippen molar-refractivity contribution < 1.29 is 0 Å². The zero-order valence-electron chi connectivity index (χ0n) is 13.3. The Hall–Kier alpha value is -0.510. The van der Waals surface area contributed by atoms with Gasteiger partial charge in [-0.3, -0.25) is 0 Å². The molecule has 0 radical (unpaired) electrons. The zero-order valence-corrected chi connectivity index (χ0v) is 14.1. The number of nitrogens with zero attached hydrogens (tertiary/aromatic N) is 1. The van der Waals surface area contributed by atoms with Gasteiger partial charge in [-0.1, -0.05) is 29.3 Å². The minimum Gasteiger partial charge on any atom is -0.313 e. The maximum absolute atomic E-state index is 3.49. The molecule has 0 aromatic heterocycles. The Balaban J connectivity index is 1.94. The summed E-state index contributed by atoms with van der Waals surface area (Å²) in [5.41, 5.74) is 4.15. The lowest BCUT2D eigenvalue weighted by Gasteiger charge is -2.26. The first-order valence-electron chi connectivity index (χ1n) is 7.63. The van der Waals surface area contributed by atoms with Crippen LogP contribution in [0.3, 0.4) is 0 Å². The van der Waals surface area contributed by atoms with Crippen LogP contribution < -0.4 is 5.32 Å². The van der Waals surface area contributed by atoms with Crippen molar-refractivity contribution in [3.8, 4) is 0 Å². The van der Waals surface area contributed by atoms with E-state index in [1.807, 2.05) is 0 Å². The van der Waals surface area contributed by atoms with E-state index in [1.54, 1.807) is 0 Å². The Bertz CT molecular complexity index is 407. The van der Waals surface area contributed by atoms with Crippen LogP contribution in [0.1, 0.15) is 35.6 Å². The van der Waals surface area contributed by atoms with E-state index < -0.39 is 0 Å². The number of nitrogens with one attached hydrogen (secondary N) is 1. The summed E-state index contributed by atoms with van der Waals surface area (Å²) in [7, 11) is 4.36. The van der Waals surface area contributed by atoms with Crippen molar-refractivity contribution in [3.05, 3.63) is 34.9 Å². The molecule has 1 fully saturated rings. The van der Waals surface area contributed by atoms with Gasteiger partial charge < -0.3 is 10.2 Å². The molecule has 1 saturated heterocycles. The second kappa shape index (κ2) is 7.48. The molecule has 112 valence electrons. The van der Waals surface area contributed by atoms with Crippen molar-refractivity contribution in [2.45, 2.75) is 38.8 Å². The molecule has 0 amide bonds. The van der Waals surface area contributed by atoms with Crippen molar-refractivity contribution >= 4 is 11.8 Å². The number of hydrogen-bond donors (Lipinski definition) is 1. The van der Waals surface area contributed by atoms with Gasteiger partial charge in [-0.15, -0.1) is 0 Å². The second-order valence-electron chi connectivity index (χ2n) is 6.05. The Morgan fingerprint density at radius 3 is 2.55 bits per heavy atom. The molecule has 3 heteroatoms. The van der Waals surface area contributed by atoms with Crippen molar-refractivity contribution in [3.63, 3.8) is 0 Å². The summed E-state index contributed by atoms with van der Waals surface area (Å²) in [5, 5.41) is 3.49. The summed E-state index contributed by atoms with van der Waals surface area (Å²) < 4.78 is 0. The van der Waals surface area contributed by atoms with Crippen LogP contribution in [-0.2, 0) is 0 Å². The van der Waals surface area contributed by atoms with Crippen LogP contribution in [0.2, 0.25) is 0 Å². The first-order valence-corrected chi connectivity index (χ1v) is 8.79. The topological polar surface area (TPSA) is 15.3 Å². The third kappa shape index (κ3) is 4.24. The fourth-order valence-electron chi connectivity index (χ4n) is 3.07. The number of aryl methyl sites for hydroxylation is 2. The maximum atomic E-state index is 3.49. The van der Waals surface area contributed by atoms with Gasteiger partial charge in [-0.05, 0) is 58.6 Å². The third-order valence-corrected chi connectivity index (χ3v) is 5.44. The normalized spacial score (nSPS) is 20.6. The fraction of sp³-hybridized carbons (Fsp3) is 0.647. The van der Waals surface area contributed by atoms with Crippen molar-refractivity contribution in [2.24, 2.45) is 0 Å². The van der Waals surface area contributed by atoms with E-state index >= 15 is 0 Å². The van der Waals surface area contributed by atoms with Gasteiger partial charge in [-0.25, -0.2) is 0 Å². The molecule has 1 heterocycles. The number of rotatable bonds is 6. The molecular weight excluding hydrogens is 264 g/mol. The largest absolute Gasteiger partial charge is 0.313 e. The lowest BCUT2D eigenvalue weighted by molar-refractivity contribution is 0.248. The van der Waals surface area contributed by atoms with Crippen LogP contribution in [0.4, 0.5) is 0 Å². The smallest absolute Gasteiger partial charge is 0.0329 e. The molecule has 2 nitrogen and oxygen atoms in total. The lowest BCUT2D eigenvalue weighted by Crippen LogP contribution is -2.34. The van der Waals surface area contributed by atoms with Crippen molar-refractivity contribution in [2.75, 3.05) is 32.1 Å². The average Bonchev–Trinajstić information content (AvgIpc) is 2.92. The first kappa shape index (κ1) is 15.9. The molecule has 0 bridgehead atoms. The minimum absolute atomic E-state index is 0.463. The van der Waals surface area contributed by atoms with Crippen LogP contribution >= 0.6 is 11.8 Å². The monoisotopic (exact) mass is 292 g/mol. The van der Waals surface area contributed by atoms with E-state index in [2.05, 4.69) is 68.1 Å². The highest BCUT2D eigenvalue weighted by atomic mass is 32.2. The predicted molar refractivity (Wildman–Crippen MR) is 90.7 cm³/mol. The molecule has 1 N–H and O–H groups in total. The Labute approximate surface area is 128 Å². The minimum atomic E-state index is 0.463. The van der Waals surface area contributed by atoms with E-state index in [0.717, 1.165) is 6.04 Å². The molecule has 0 spiro atoms. The van der Waals surface area contributed by atoms with Crippen LogP contribution in [0, 0.1) is 13.8 Å². The van der Waals surface area contributed by atoms with Crippen LogP contribution in [0.25, 0.3) is 0 Å². The summed E-state index contributed by atoms with van der Waals surface area (Å²) in [6, 6.07) is 8.14. The number of thioether (sulfide) groups is 1. The highest BCUT2D eigenvalue weighted by Gasteiger charge is 2.20. The third-order valence-electron chi connectivity index (χ3n) is 4.29. The summed E-state index contributed by atoms with van der Waals surface area (Å²) in [6.45, 7) is 5.54. The Morgan fingerprint density at radius 2 is 2.00 bits per heavy atom. The standard InChI is InChI=1S/C17H28N2S/c1-13-9-14(2)11-15(10-13)17(18-3)5-7-19(4)16-6-8-20-12-16/h9-11,16-18H,5-8,12H2,1-4H3. The van der Waals surface area contributed by atoms with E-state index in [1.165, 1.54) is 47.6 Å². The van der Waals surface area contributed by atoms with E-state index in [-0.39, 0.29) is 0 Å². The van der Waals surface area contributed by atoms with Gasteiger partial charge in [0.25, 0.3) is 0 Å². The van der Waals surface area contributed by atoms with Gasteiger partial charge in [0.05, 0.1) is 0 Å². The second-order valence-corrected chi connectivity index (χ2v) is 7.20. The molecule has 1 aliphatic heterocycles. The molecule has 2 atom stereocenters. The molecular formula is C17H28N2S. The van der Waals surface area contributed by atoms with E-state index in [0.29, 0.717) is 6.04 Å². The molecule has 1 aromatic carbocycles. The predicted octanol–water partition coefficient (Wildman–Crippen LogP) is 3.39. The maximum Gasteiger partial charge on any atom is 0.0329 e. The average molecular weight is 292 g/mol. The van der Waals surface area contributed by atoms with Crippen LogP contribution in [0.15, 0.2) is 18.2 Å². The quantitative estimate of drug-likeness (QED) is 0.865. The van der Waals surface area contributed by atoms with Gasteiger partial charge in [0.2, 0.25) is 0 Å². The number of benzene rings is 1. The molecule has 2 rings (SSSR count). The highest BCUT2D eigenvalue weighted by molar-refractivity contribution is 7.99. The highest BCUT2D eigenvalue weighted by Crippen LogP contribution is 2.24. The molecule has 20 heavy (non-hydrogen) atoms. The van der Waals surface area contributed by atoms with Crippen LogP contribution in [-0.4, -0.2) is 43.1 Å². The summed E-state index contributed by atoms with van der Waals surface area (Å²) in [6.07, 6.45) is 2.53. The molecule has 1 aliphatic rings. The molecule has 0 aliphatic carbocycles. The first-order chi connectivity index (χ1) is 9.60. The molecule has 0 saturated carbocycles. The molecule has 2 unspecified atom stereocenters. The summed E-state index contributed by atoms with van der Waals surface area (Å²) >= 11 is 2.09. The Kier molecular flexibility index (Phi) is 5.94. The van der Waals surface area contributed by atoms with E-state index in [9.17, 15) is 0 Å².